The van der Waals surface area contributed by atoms with E-state index in [1.54, 1.807) is 12.1 Å². The van der Waals surface area contributed by atoms with Crippen LogP contribution in [0.3, 0.4) is 0 Å². The largest absolute Gasteiger partial charge is 0.369 e. The highest BCUT2D eigenvalue weighted by Crippen LogP contribution is 2.13. The fourth-order valence-electron chi connectivity index (χ4n) is 1.94. The van der Waals surface area contributed by atoms with Gasteiger partial charge in [-0.15, -0.1) is 4.40 Å². The molecule has 0 amide bonds. The molecule has 1 fully saturated rings. The van der Waals surface area contributed by atoms with Crippen molar-refractivity contribution in [1.29, 1.82) is 0 Å². The van der Waals surface area contributed by atoms with Crippen LogP contribution in [-0.4, -0.2) is 37.7 Å². The number of hydrogen-bond acceptors (Lipinski definition) is 2. The second-order valence-electron chi connectivity index (χ2n) is 4.52. The molecule has 9 heteroatoms. The molecule has 1 aliphatic heterocycles. The van der Waals surface area contributed by atoms with E-state index in [0.717, 1.165) is 12.8 Å². The van der Waals surface area contributed by atoms with Gasteiger partial charge in [-0.3, -0.25) is 0 Å². The Morgan fingerprint density at radius 2 is 1.76 bits per heavy atom. The van der Waals surface area contributed by atoms with E-state index in [-0.39, 0.29) is 5.96 Å². The van der Waals surface area contributed by atoms with Gasteiger partial charge in [-0.1, -0.05) is 18.2 Å². The molecular weight excluding hydrogens is 292 g/mol. The van der Waals surface area contributed by atoms with Gasteiger partial charge in [-0.25, -0.2) is 0 Å². The fraction of sp³-hybridized carbons (Fsp3) is 0.333. The predicted octanol–water partition coefficient (Wildman–Crippen LogP) is 0.0685. The third kappa shape index (κ3) is 4.43. The Hall–Kier alpha value is -2.13. The molecule has 0 atom stereocenters. The number of rotatable bonds is 3. The highest BCUT2D eigenvalue weighted by molar-refractivity contribution is 7.87. The lowest BCUT2D eigenvalue weighted by Crippen LogP contribution is -2.30. The molecule has 0 aromatic heterocycles. The van der Waals surface area contributed by atoms with Crippen molar-refractivity contribution < 1.29 is 8.42 Å². The van der Waals surface area contributed by atoms with Gasteiger partial charge in [0.25, 0.3) is 0 Å². The number of benzene rings is 1. The minimum Gasteiger partial charge on any atom is -0.369 e. The third-order valence-electron chi connectivity index (χ3n) is 2.88. The first-order valence-corrected chi connectivity index (χ1v) is 7.89. The molecular formula is C12H18N6O2S. The summed E-state index contributed by atoms with van der Waals surface area (Å²) in [6, 6.07) is 9.08. The van der Waals surface area contributed by atoms with E-state index in [2.05, 4.69) is 14.7 Å². The molecule has 1 aromatic rings. The summed E-state index contributed by atoms with van der Waals surface area (Å²) >= 11 is 0. The minimum atomic E-state index is -3.77. The maximum Gasteiger partial charge on any atom is 0.325 e. The maximum absolute atomic E-state index is 11.9. The van der Waals surface area contributed by atoms with E-state index in [4.69, 9.17) is 11.5 Å². The molecule has 21 heavy (non-hydrogen) atoms. The molecule has 5 N–H and O–H groups in total. The van der Waals surface area contributed by atoms with Gasteiger partial charge in [-0.2, -0.15) is 17.7 Å². The minimum absolute atomic E-state index is 0.0286. The lowest BCUT2D eigenvalue weighted by atomic mass is 10.3. The highest BCUT2D eigenvalue weighted by Gasteiger charge is 2.24. The van der Waals surface area contributed by atoms with Gasteiger partial charge < -0.3 is 16.8 Å². The van der Waals surface area contributed by atoms with E-state index < -0.39 is 16.2 Å². The van der Waals surface area contributed by atoms with Crippen molar-refractivity contribution in [3.05, 3.63) is 30.3 Å². The van der Waals surface area contributed by atoms with Crippen molar-refractivity contribution >= 4 is 27.8 Å². The lowest BCUT2D eigenvalue weighted by molar-refractivity contribution is 0.479. The van der Waals surface area contributed by atoms with E-state index in [9.17, 15) is 8.42 Å². The molecule has 8 nitrogen and oxygen atoms in total. The number of nitrogens with zero attached hydrogens (tertiary/aromatic N) is 3. The van der Waals surface area contributed by atoms with Crippen molar-refractivity contribution in [3.63, 3.8) is 0 Å². The van der Waals surface area contributed by atoms with Crippen molar-refractivity contribution in [3.8, 4) is 0 Å². The zero-order valence-electron chi connectivity index (χ0n) is 11.4. The first-order valence-electron chi connectivity index (χ1n) is 6.49. The predicted molar refractivity (Wildman–Crippen MR) is 83.0 cm³/mol. The standard InChI is InChI=1S/C12H18N6O2S/c13-11(15-10-6-2-1-3-7-10)16-12(14)17-21(19,20)18-8-4-5-9-18/h1-3,6-7H,4-5,8-9H2,(H5,13,14,15,16,17). The van der Waals surface area contributed by atoms with Crippen LogP contribution in [0.1, 0.15) is 12.8 Å². The number of nitrogens with one attached hydrogen (secondary N) is 1. The van der Waals surface area contributed by atoms with Gasteiger partial charge in [0.2, 0.25) is 11.9 Å². The molecule has 0 unspecified atom stereocenters. The van der Waals surface area contributed by atoms with E-state index in [1.807, 2.05) is 18.2 Å². The van der Waals surface area contributed by atoms with Crippen LogP contribution >= 0.6 is 0 Å². The van der Waals surface area contributed by atoms with Gasteiger partial charge in [0.05, 0.1) is 0 Å². The Morgan fingerprint density at radius 3 is 2.38 bits per heavy atom. The Morgan fingerprint density at radius 1 is 1.14 bits per heavy atom. The Balaban J connectivity index is 2.06. The fourth-order valence-corrected chi connectivity index (χ4v) is 3.05. The molecule has 0 radical (unpaired) electrons. The topological polar surface area (TPSA) is 126 Å². The molecule has 0 spiro atoms. The van der Waals surface area contributed by atoms with Gasteiger partial charge in [0, 0.05) is 18.8 Å². The second kappa shape index (κ2) is 6.55. The van der Waals surface area contributed by atoms with Crippen molar-refractivity contribution in [2.24, 2.45) is 20.9 Å². The van der Waals surface area contributed by atoms with E-state index in [1.165, 1.54) is 4.31 Å². The monoisotopic (exact) mass is 310 g/mol. The number of nitrogens with two attached hydrogens (primary N) is 2. The molecule has 114 valence electrons. The Bertz CT molecular complexity index is 635. The number of guanidine groups is 2. The summed E-state index contributed by atoms with van der Waals surface area (Å²) < 4.78 is 28.6. The summed E-state index contributed by atoms with van der Waals surface area (Å²) in [5, 5.41) is 2.79. The van der Waals surface area contributed by atoms with Gasteiger partial charge in [0.15, 0.2) is 0 Å². The van der Waals surface area contributed by atoms with Crippen molar-refractivity contribution in [2.45, 2.75) is 12.8 Å². The van der Waals surface area contributed by atoms with Crippen molar-refractivity contribution in [2.75, 3.05) is 18.4 Å². The van der Waals surface area contributed by atoms with Crippen molar-refractivity contribution in [1.82, 2.24) is 4.31 Å². The zero-order valence-corrected chi connectivity index (χ0v) is 12.3. The van der Waals surface area contributed by atoms with Gasteiger partial charge in [0.1, 0.15) is 0 Å². The Labute approximate surface area is 123 Å². The molecule has 0 bridgehead atoms. The SMILES string of the molecule is NC(=N\S(=O)(=O)N1CCCC1)/N=C(\N)Nc1ccccc1. The normalized spacial score (nSPS) is 17.9. The first-order chi connectivity index (χ1) is 9.97. The molecule has 1 heterocycles. The summed E-state index contributed by atoms with van der Waals surface area (Å²) in [5.41, 5.74) is 11.9. The van der Waals surface area contributed by atoms with Crippen LogP contribution in [0.5, 0.6) is 0 Å². The van der Waals surface area contributed by atoms with E-state index >= 15 is 0 Å². The van der Waals surface area contributed by atoms with Gasteiger partial charge >= 0.3 is 10.2 Å². The molecule has 1 aliphatic rings. The number of para-hydroxylation sites is 1. The Kier molecular flexibility index (Phi) is 4.76. The van der Waals surface area contributed by atoms with Crippen LogP contribution in [0.4, 0.5) is 5.69 Å². The molecule has 0 saturated carbocycles. The average Bonchev–Trinajstić information content (AvgIpc) is 2.93. The number of hydrogen-bond donors (Lipinski definition) is 3. The summed E-state index contributed by atoms with van der Waals surface area (Å²) in [6.07, 6.45) is 1.66. The second-order valence-corrected chi connectivity index (χ2v) is 6.12. The number of anilines is 1. The quantitative estimate of drug-likeness (QED) is 0.538. The van der Waals surface area contributed by atoms with Crippen LogP contribution in [-0.2, 0) is 10.2 Å². The first kappa shape index (κ1) is 15.3. The summed E-state index contributed by atoms with van der Waals surface area (Å²) in [5.74, 6) is -0.429. The van der Waals surface area contributed by atoms with E-state index in [0.29, 0.717) is 18.8 Å². The molecule has 1 aromatic carbocycles. The third-order valence-corrected chi connectivity index (χ3v) is 4.32. The summed E-state index contributed by atoms with van der Waals surface area (Å²) in [6.45, 7) is 0.918. The smallest absolute Gasteiger partial charge is 0.325 e. The summed E-state index contributed by atoms with van der Waals surface area (Å²) in [7, 11) is -3.77. The van der Waals surface area contributed by atoms with Crippen LogP contribution in [0.25, 0.3) is 0 Å². The zero-order chi connectivity index (χ0) is 15.3. The maximum atomic E-state index is 11.9. The molecule has 0 aliphatic carbocycles. The van der Waals surface area contributed by atoms with Crippen LogP contribution < -0.4 is 16.8 Å². The number of aliphatic imine (C=N–C) groups is 1. The lowest BCUT2D eigenvalue weighted by Gasteiger charge is -2.10. The molecule has 1 saturated heterocycles. The van der Waals surface area contributed by atoms with Gasteiger partial charge in [-0.05, 0) is 25.0 Å². The molecule has 2 rings (SSSR count). The van der Waals surface area contributed by atoms with Crippen LogP contribution in [0.2, 0.25) is 0 Å². The highest BCUT2D eigenvalue weighted by atomic mass is 32.2. The van der Waals surface area contributed by atoms with Crippen LogP contribution in [0, 0.1) is 0 Å². The average molecular weight is 310 g/mol. The summed E-state index contributed by atoms with van der Waals surface area (Å²) in [4.78, 5) is 3.73. The van der Waals surface area contributed by atoms with Crippen LogP contribution in [0.15, 0.2) is 39.7 Å².